The third-order valence-electron chi connectivity index (χ3n) is 3.27. The predicted octanol–water partition coefficient (Wildman–Crippen LogP) is 3.96. The Hall–Kier alpha value is -0.680. The van der Waals surface area contributed by atoms with Crippen molar-refractivity contribution in [2.45, 2.75) is 0 Å². The first-order valence-corrected chi connectivity index (χ1v) is 9.77. The van der Waals surface area contributed by atoms with Gasteiger partial charge in [0.15, 0.2) is 0 Å². The van der Waals surface area contributed by atoms with Crippen LogP contribution in [-0.4, -0.2) is 54.1 Å². The Labute approximate surface area is 175 Å². The molecule has 0 aromatic carbocycles. The summed E-state index contributed by atoms with van der Waals surface area (Å²) in [6.07, 6.45) is 7.05. The Balaban J connectivity index is 3.16. The molecule has 4 nitrogen and oxygen atoms in total. The van der Waals surface area contributed by atoms with Crippen LogP contribution in [0.1, 0.15) is 10.0 Å². The number of hydrogen-bond donors (Lipinski definition) is 2. The molecule has 25 heavy (non-hydrogen) atoms. The van der Waals surface area contributed by atoms with Gasteiger partial charge in [-0.05, 0) is 48.7 Å². The van der Waals surface area contributed by atoms with Crippen molar-refractivity contribution in [2.75, 3.05) is 26.2 Å². The number of hydrogen-bond acceptors (Lipinski definition) is 7. The first-order valence-electron chi connectivity index (χ1n) is 7.34. The third kappa shape index (κ3) is 5.40. The van der Waals surface area contributed by atoms with E-state index in [0.29, 0.717) is 46.2 Å². The SMILES string of the molecule is C=CC[N+](S)(CC=C)C(=S)c1nnc(C(=S)[N+](S)(CC=C)CC=C)s1. The molecule has 1 aromatic heterocycles. The molecule has 134 valence electrons. The van der Waals surface area contributed by atoms with E-state index in [1.54, 1.807) is 24.3 Å². The molecule has 1 aromatic rings. The molecular weight excluding hydrogens is 409 g/mol. The van der Waals surface area contributed by atoms with Gasteiger partial charge >= 0.3 is 0 Å². The normalized spacial score (nSPS) is 11.6. The standard InChI is InChI=1S/C16H22N4S5/c1-5-9-19(23,10-6-2)15(21)13-17-18-14(25-13)16(22)20(24,11-7-3)12-8-4/h5-8,23-24H,1-4,9-12H2/q+2. The highest BCUT2D eigenvalue weighted by Crippen LogP contribution is 2.26. The Morgan fingerprint density at radius 1 is 0.800 bits per heavy atom. The molecule has 9 heteroatoms. The summed E-state index contributed by atoms with van der Waals surface area (Å²) in [7, 11) is 0. The first-order chi connectivity index (χ1) is 11.8. The summed E-state index contributed by atoms with van der Waals surface area (Å²) in [5.41, 5.74) is 0. The number of thiol groups is 2. The molecule has 1 rings (SSSR count). The highest BCUT2D eigenvalue weighted by Gasteiger charge is 2.35. The van der Waals surface area contributed by atoms with Crippen LogP contribution < -0.4 is 0 Å². The second kappa shape index (κ2) is 9.86. The lowest BCUT2D eigenvalue weighted by molar-refractivity contribution is -0.675. The van der Waals surface area contributed by atoms with Gasteiger partial charge in [-0.25, -0.2) is 7.78 Å². The molecule has 0 fully saturated rings. The topological polar surface area (TPSA) is 25.8 Å². The van der Waals surface area contributed by atoms with E-state index in [2.05, 4.69) is 62.1 Å². The molecule has 0 radical (unpaired) electrons. The van der Waals surface area contributed by atoms with Gasteiger partial charge in [-0.2, -0.15) is 0 Å². The van der Waals surface area contributed by atoms with E-state index in [-0.39, 0.29) is 7.78 Å². The Morgan fingerprint density at radius 2 is 1.08 bits per heavy atom. The Morgan fingerprint density at radius 3 is 1.32 bits per heavy atom. The van der Waals surface area contributed by atoms with Crippen molar-refractivity contribution in [2.24, 2.45) is 0 Å². The third-order valence-corrected chi connectivity index (χ3v) is 6.88. The summed E-state index contributed by atoms with van der Waals surface area (Å²) in [4.78, 5) is 1.11. The minimum atomic E-state index is 0.171. The largest absolute Gasteiger partial charge is 0.248 e. The lowest BCUT2D eigenvalue weighted by Crippen LogP contribution is -2.44. The number of thiocarbonyl (C=S) groups is 2. The average molecular weight is 431 g/mol. The average Bonchev–Trinajstić information content (AvgIpc) is 3.04. The fraction of sp³-hybridized carbons (Fsp3) is 0.250. The molecule has 0 bridgehead atoms. The van der Waals surface area contributed by atoms with Crippen molar-refractivity contribution in [3.63, 3.8) is 0 Å². The van der Waals surface area contributed by atoms with Crippen LogP contribution in [-0.2, 0) is 0 Å². The molecule has 0 unspecified atom stereocenters. The van der Waals surface area contributed by atoms with Crippen LogP contribution in [0.5, 0.6) is 0 Å². The fourth-order valence-corrected chi connectivity index (χ4v) is 4.37. The minimum absolute atomic E-state index is 0.171. The summed E-state index contributed by atoms with van der Waals surface area (Å²) in [6, 6.07) is 0. The van der Waals surface area contributed by atoms with Gasteiger partial charge in [0.1, 0.15) is 26.2 Å². The van der Waals surface area contributed by atoms with Gasteiger partial charge in [0, 0.05) is 0 Å². The lowest BCUT2D eigenvalue weighted by atomic mass is 10.4. The molecule has 0 aliphatic rings. The molecule has 0 spiro atoms. The molecule has 0 atom stereocenters. The van der Waals surface area contributed by atoms with Crippen LogP contribution in [0.4, 0.5) is 0 Å². The van der Waals surface area contributed by atoms with E-state index in [9.17, 15) is 0 Å². The Kier molecular flexibility index (Phi) is 8.82. The molecule has 0 N–H and O–H groups in total. The second-order valence-electron chi connectivity index (χ2n) is 5.25. The van der Waals surface area contributed by atoms with E-state index in [4.69, 9.17) is 24.4 Å². The van der Waals surface area contributed by atoms with Crippen LogP contribution in [0.3, 0.4) is 0 Å². The van der Waals surface area contributed by atoms with Crippen LogP contribution in [0.2, 0.25) is 0 Å². The Bertz CT molecular complexity index is 618. The summed E-state index contributed by atoms with van der Waals surface area (Å²) in [5.74, 6) is 0. The predicted molar refractivity (Wildman–Crippen MR) is 122 cm³/mol. The summed E-state index contributed by atoms with van der Waals surface area (Å²) >= 11 is 21.9. The number of rotatable bonds is 10. The monoisotopic (exact) mass is 430 g/mol. The molecule has 0 aliphatic carbocycles. The number of aromatic nitrogens is 2. The highest BCUT2D eigenvalue weighted by molar-refractivity contribution is 7.83. The van der Waals surface area contributed by atoms with Gasteiger partial charge in [0.05, 0.1) is 25.6 Å². The van der Waals surface area contributed by atoms with E-state index in [1.165, 1.54) is 11.3 Å². The molecule has 0 saturated heterocycles. The molecule has 0 amide bonds. The summed E-state index contributed by atoms with van der Waals surface area (Å²) in [5, 5.41) is 9.63. The molecule has 0 saturated carbocycles. The van der Waals surface area contributed by atoms with E-state index < -0.39 is 0 Å². The zero-order chi connectivity index (χ0) is 19.1. The quantitative estimate of drug-likeness (QED) is 0.254. The van der Waals surface area contributed by atoms with Gasteiger partial charge in [-0.3, -0.25) is 0 Å². The highest BCUT2D eigenvalue weighted by atomic mass is 32.1. The maximum absolute atomic E-state index is 5.59. The van der Waals surface area contributed by atoms with Crippen LogP contribution in [0.25, 0.3) is 0 Å². The zero-order valence-electron chi connectivity index (χ0n) is 13.9. The molecule has 1 heterocycles. The zero-order valence-corrected chi connectivity index (χ0v) is 18.1. The van der Waals surface area contributed by atoms with Crippen molar-refractivity contribution in [3.8, 4) is 0 Å². The number of nitrogens with zero attached hydrogens (tertiary/aromatic N) is 4. The summed E-state index contributed by atoms with van der Waals surface area (Å²) in [6.45, 7) is 17.3. The van der Waals surface area contributed by atoms with Gasteiger partial charge in [-0.1, -0.05) is 37.7 Å². The fourth-order valence-electron chi connectivity index (χ4n) is 2.09. The van der Waals surface area contributed by atoms with Crippen LogP contribution in [0.15, 0.2) is 50.6 Å². The van der Waals surface area contributed by atoms with Crippen LogP contribution in [0, 0.1) is 0 Å². The van der Waals surface area contributed by atoms with E-state index >= 15 is 0 Å². The maximum Gasteiger partial charge on any atom is 0.248 e. The van der Waals surface area contributed by atoms with Gasteiger partial charge < -0.3 is 0 Å². The number of quaternary nitrogens is 2. The molecular formula is C16H22N4S5+2. The van der Waals surface area contributed by atoms with Crippen LogP contribution >= 0.6 is 61.4 Å². The minimum Gasteiger partial charge on any atom is -0.213 e. The van der Waals surface area contributed by atoms with Gasteiger partial charge in [0.25, 0.3) is 0 Å². The van der Waals surface area contributed by atoms with Crippen molar-refractivity contribution >= 4 is 71.4 Å². The van der Waals surface area contributed by atoms with Gasteiger partial charge in [-0.15, -0.1) is 10.2 Å². The van der Waals surface area contributed by atoms with Crippen molar-refractivity contribution in [1.29, 1.82) is 0 Å². The first kappa shape index (κ1) is 22.4. The van der Waals surface area contributed by atoms with Gasteiger partial charge in [0.2, 0.25) is 20.0 Å². The lowest BCUT2D eigenvalue weighted by Gasteiger charge is -2.28. The van der Waals surface area contributed by atoms with E-state index in [0.717, 1.165) is 0 Å². The molecule has 0 aliphatic heterocycles. The summed E-state index contributed by atoms with van der Waals surface area (Å²) < 4.78 is 0.341. The maximum atomic E-state index is 5.59. The van der Waals surface area contributed by atoms with E-state index in [1.807, 2.05) is 0 Å². The smallest absolute Gasteiger partial charge is 0.213 e. The second-order valence-corrected chi connectivity index (χ2v) is 8.54. The van der Waals surface area contributed by atoms with Crippen molar-refractivity contribution in [3.05, 3.63) is 60.6 Å². The van der Waals surface area contributed by atoms with Crippen molar-refractivity contribution in [1.82, 2.24) is 10.2 Å². The van der Waals surface area contributed by atoms with Crippen molar-refractivity contribution < 1.29 is 7.78 Å².